The highest BCUT2D eigenvalue weighted by atomic mass is 127. The quantitative estimate of drug-likeness (QED) is 0.690. The maximum absolute atomic E-state index is 12.6. The molecule has 1 heterocycles. The molecule has 0 atom stereocenters. The Morgan fingerprint density at radius 2 is 2.14 bits per heavy atom. The molecule has 0 saturated heterocycles. The van der Waals surface area contributed by atoms with E-state index in [0.29, 0.717) is 12.8 Å². The molecule has 1 aromatic rings. The molecule has 6 heteroatoms. The molecule has 0 unspecified atom stereocenters. The van der Waals surface area contributed by atoms with E-state index in [1.807, 2.05) is 28.7 Å². The maximum atomic E-state index is 12.6. The number of pyridine rings is 1. The maximum Gasteiger partial charge on any atom is 0.266 e. The van der Waals surface area contributed by atoms with Crippen molar-refractivity contribution in [1.82, 2.24) is 4.98 Å². The first kappa shape index (κ1) is 12.0. The van der Waals surface area contributed by atoms with Gasteiger partial charge in [-0.05, 0) is 45.2 Å². The molecule has 2 nitrogen and oxygen atoms in total. The second kappa shape index (κ2) is 5.16. The molecule has 0 aliphatic carbocycles. The van der Waals surface area contributed by atoms with Crippen molar-refractivity contribution in [2.75, 3.05) is 0 Å². The zero-order chi connectivity index (χ0) is 10.7. The highest BCUT2D eigenvalue weighted by Crippen LogP contribution is 2.30. The van der Waals surface area contributed by atoms with Crippen LogP contribution >= 0.6 is 45.2 Å². The van der Waals surface area contributed by atoms with Crippen molar-refractivity contribution in [1.29, 1.82) is 5.26 Å². The number of hydrogen-bond donors (Lipinski definition) is 0. The normalized spacial score (nSPS) is 10.3. The fourth-order valence-corrected chi connectivity index (χ4v) is 2.94. The number of rotatable bonds is 2. The van der Waals surface area contributed by atoms with Crippen LogP contribution in [0.25, 0.3) is 0 Å². The molecule has 0 N–H and O–H groups in total. The summed E-state index contributed by atoms with van der Waals surface area (Å²) in [5.41, 5.74) is 0.398. The van der Waals surface area contributed by atoms with Gasteiger partial charge >= 0.3 is 0 Å². The van der Waals surface area contributed by atoms with Crippen LogP contribution in [-0.4, -0.2) is 4.98 Å². The molecule has 74 valence electrons. The van der Waals surface area contributed by atoms with Gasteiger partial charge in [-0.1, -0.05) is 0 Å². The molecule has 1 aromatic heterocycles. The van der Waals surface area contributed by atoms with Crippen LogP contribution in [0.15, 0.2) is 6.20 Å². The van der Waals surface area contributed by atoms with Crippen LogP contribution in [0.4, 0.5) is 8.78 Å². The van der Waals surface area contributed by atoms with Gasteiger partial charge in [-0.3, -0.25) is 4.98 Å². The average Bonchev–Trinajstić information content (AvgIpc) is 2.10. The van der Waals surface area contributed by atoms with E-state index >= 15 is 0 Å². The summed E-state index contributed by atoms with van der Waals surface area (Å²) in [4.78, 5) is 3.94. The standard InChI is InChI=1S/C8H4F2I2N2/c9-8(10)6-4(11)3-14-5(1-2-13)7(6)12/h3,8H,1H2. The molecular formula is C8H4F2I2N2. The molecule has 0 aromatic carbocycles. The molecule has 0 aliphatic rings. The van der Waals surface area contributed by atoms with Crippen LogP contribution in [0.5, 0.6) is 0 Å². The molecule has 0 saturated carbocycles. The Kier molecular flexibility index (Phi) is 4.43. The minimum atomic E-state index is -2.52. The van der Waals surface area contributed by atoms with Crippen LogP contribution in [0.1, 0.15) is 17.7 Å². The molecule has 14 heavy (non-hydrogen) atoms. The molecule has 0 radical (unpaired) electrons. The molecule has 0 fully saturated rings. The van der Waals surface area contributed by atoms with Crippen molar-refractivity contribution in [2.45, 2.75) is 12.8 Å². The zero-order valence-electron chi connectivity index (χ0n) is 6.77. The van der Waals surface area contributed by atoms with E-state index in [0.717, 1.165) is 0 Å². The Morgan fingerprint density at radius 3 is 2.64 bits per heavy atom. The van der Waals surface area contributed by atoms with Crippen LogP contribution < -0.4 is 0 Å². The van der Waals surface area contributed by atoms with Gasteiger partial charge in [-0.2, -0.15) is 5.26 Å². The lowest BCUT2D eigenvalue weighted by Crippen LogP contribution is -2.02. The van der Waals surface area contributed by atoms with Gasteiger partial charge in [0, 0.05) is 18.9 Å². The summed E-state index contributed by atoms with van der Waals surface area (Å²) >= 11 is 3.62. The third kappa shape index (κ3) is 2.50. The van der Waals surface area contributed by atoms with E-state index in [2.05, 4.69) is 4.98 Å². The van der Waals surface area contributed by atoms with Gasteiger partial charge in [0.25, 0.3) is 6.43 Å². The SMILES string of the molecule is N#CCc1ncc(I)c(C(F)F)c1I. The van der Waals surface area contributed by atoms with Crippen molar-refractivity contribution in [3.05, 3.63) is 24.6 Å². The third-order valence-electron chi connectivity index (χ3n) is 1.55. The number of nitrogens with zero attached hydrogens (tertiary/aromatic N) is 2. The molecule has 0 aliphatic heterocycles. The Hall–Kier alpha value is -0.0400. The third-order valence-corrected chi connectivity index (χ3v) is 3.61. The van der Waals surface area contributed by atoms with Gasteiger partial charge < -0.3 is 0 Å². The fraction of sp³-hybridized carbons (Fsp3) is 0.250. The highest BCUT2D eigenvalue weighted by molar-refractivity contribution is 14.1. The van der Waals surface area contributed by atoms with Gasteiger partial charge in [-0.15, -0.1) is 0 Å². The summed E-state index contributed by atoms with van der Waals surface area (Å²) in [6, 6.07) is 1.90. The van der Waals surface area contributed by atoms with Crippen LogP contribution in [0.3, 0.4) is 0 Å². The van der Waals surface area contributed by atoms with Gasteiger partial charge in [-0.25, -0.2) is 8.78 Å². The van der Waals surface area contributed by atoms with Crippen LogP contribution in [0, 0.1) is 18.5 Å². The van der Waals surface area contributed by atoms with E-state index in [4.69, 9.17) is 5.26 Å². The van der Waals surface area contributed by atoms with Crippen LogP contribution in [-0.2, 0) is 6.42 Å². The Bertz CT molecular complexity index is 388. The van der Waals surface area contributed by atoms with Crippen molar-refractivity contribution >= 4 is 45.2 Å². The first-order valence-corrected chi connectivity index (χ1v) is 5.71. The largest absolute Gasteiger partial charge is 0.266 e. The van der Waals surface area contributed by atoms with Gasteiger partial charge in [0.15, 0.2) is 0 Å². The van der Waals surface area contributed by atoms with Gasteiger partial charge in [0.1, 0.15) is 0 Å². The lowest BCUT2D eigenvalue weighted by Gasteiger charge is -2.08. The summed E-state index contributed by atoms with van der Waals surface area (Å²) in [6.45, 7) is 0. The van der Waals surface area contributed by atoms with Crippen molar-refractivity contribution in [2.24, 2.45) is 0 Å². The minimum Gasteiger partial charge on any atom is -0.258 e. The monoisotopic (exact) mass is 420 g/mol. The van der Waals surface area contributed by atoms with E-state index in [1.165, 1.54) is 6.20 Å². The van der Waals surface area contributed by atoms with Crippen molar-refractivity contribution < 1.29 is 8.78 Å². The van der Waals surface area contributed by atoms with E-state index < -0.39 is 6.43 Å². The second-order valence-corrected chi connectivity index (χ2v) is 4.66. The Balaban J connectivity index is 3.28. The van der Waals surface area contributed by atoms with Crippen molar-refractivity contribution in [3.8, 4) is 6.07 Å². The molecule has 0 amide bonds. The number of hydrogen-bond acceptors (Lipinski definition) is 2. The lowest BCUT2D eigenvalue weighted by atomic mass is 10.2. The molecule has 0 spiro atoms. The zero-order valence-corrected chi connectivity index (χ0v) is 11.1. The summed E-state index contributed by atoms with van der Waals surface area (Å²) < 4.78 is 26.0. The molecule has 1 rings (SSSR count). The first-order chi connectivity index (χ1) is 6.57. The predicted molar refractivity (Wildman–Crippen MR) is 63.9 cm³/mol. The lowest BCUT2D eigenvalue weighted by molar-refractivity contribution is 0.149. The second-order valence-electron chi connectivity index (χ2n) is 2.42. The number of aromatic nitrogens is 1. The average molecular weight is 420 g/mol. The molecular weight excluding hydrogens is 416 g/mol. The predicted octanol–water partition coefficient (Wildman–Crippen LogP) is 3.29. The highest BCUT2D eigenvalue weighted by Gasteiger charge is 2.18. The number of alkyl halides is 2. The topological polar surface area (TPSA) is 36.7 Å². The van der Waals surface area contributed by atoms with E-state index in [-0.39, 0.29) is 12.0 Å². The Labute approximate surface area is 107 Å². The van der Waals surface area contributed by atoms with Crippen molar-refractivity contribution in [3.63, 3.8) is 0 Å². The Morgan fingerprint density at radius 1 is 1.50 bits per heavy atom. The molecule has 0 bridgehead atoms. The summed E-state index contributed by atoms with van der Waals surface area (Å²) in [5.74, 6) is 0. The minimum absolute atomic E-state index is 0.0218. The van der Waals surface area contributed by atoms with E-state index in [1.54, 1.807) is 22.6 Å². The summed E-state index contributed by atoms with van der Waals surface area (Å²) in [7, 11) is 0. The number of nitriles is 1. The summed E-state index contributed by atoms with van der Waals surface area (Å²) in [6.07, 6.45) is -1.08. The number of halogens is 4. The van der Waals surface area contributed by atoms with E-state index in [9.17, 15) is 8.78 Å². The van der Waals surface area contributed by atoms with Gasteiger partial charge in [0.2, 0.25) is 0 Å². The summed E-state index contributed by atoms with van der Waals surface area (Å²) in [5, 5.41) is 8.46. The fourth-order valence-electron chi connectivity index (χ4n) is 0.919. The smallest absolute Gasteiger partial charge is 0.258 e. The first-order valence-electron chi connectivity index (χ1n) is 3.55. The van der Waals surface area contributed by atoms with Crippen LogP contribution in [0.2, 0.25) is 0 Å². The van der Waals surface area contributed by atoms with Gasteiger partial charge in [0.05, 0.1) is 18.2 Å².